The van der Waals surface area contributed by atoms with Gasteiger partial charge < -0.3 is 5.32 Å². The molecule has 0 aliphatic carbocycles. The first kappa shape index (κ1) is 13.7. The predicted octanol–water partition coefficient (Wildman–Crippen LogP) is 4.02. The lowest BCUT2D eigenvalue weighted by molar-refractivity contribution is -0.117. The summed E-state index contributed by atoms with van der Waals surface area (Å²) in [7, 11) is 0. The zero-order valence-corrected chi connectivity index (χ0v) is 12.3. The predicted molar refractivity (Wildman–Crippen MR) is 90.4 cm³/mol. The zero-order chi connectivity index (χ0) is 14.5. The maximum atomic E-state index is 11.1. The van der Waals surface area contributed by atoms with Crippen molar-refractivity contribution in [3.8, 4) is 0 Å². The highest BCUT2D eigenvalue weighted by Gasteiger charge is 2.14. The van der Waals surface area contributed by atoms with E-state index in [0.29, 0.717) is 5.75 Å². The van der Waals surface area contributed by atoms with Crippen LogP contribution < -0.4 is 5.32 Å². The number of rotatable bonds is 3. The number of amides is 1. The average molecular weight is 293 g/mol. The van der Waals surface area contributed by atoms with Crippen LogP contribution in [0.1, 0.15) is 16.7 Å². The molecule has 1 heterocycles. The average Bonchev–Trinajstić information content (AvgIpc) is 2.93. The van der Waals surface area contributed by atoms with Crippen molar-refractivity contribution in [2.24, 2.45) is 0 Å². The van der Waals surface area contributed by atoms with E-state index in [0.717, 1.165) is 16.2 Å². The first-order valence-corrected chi connectivity index (χ1v) is 7.76. The summed E-state index contributed by atoms with van der Waals surface area (Å²) in [4.78, 5) is 11.1. The maximum absolute atomic E-state index is 11.1. The Morgan fingerprint density at radius 2 is 1.48 bits per heavy atom. The van der Waals surface area contributed by atoms with Gasteiger partial charge in [0.1, 0.15) is 0 Å². The molecule has 1 N–H and O–H groups in total. The van der Waals surface area contributed by atoms with Crippen LogP contribution in [0.2, 0.25) is 0 Å². The fourth-order valence-electron chi connectivity index (χ4n) is 2.04. The van der Waals surface area contributed by atoms with Gasteiger partial charge in [0.15, 0.2) is 0 Å². The summed E-state index contributed by atoms with van der Waals surface area (Å²) < 4.78 is 0. The van der Waals surface area contributed by atoms with Crippen LogP contribution in [0, 0.1) is 0 Å². The Balaban J connectivity index is 1.70. The Labute approximate surface area is 128 Å². The van der Waals surface area contributed by atoms with Gasteiger partial charge in [-0.05, 0) is 22.8 Å². The summed E-state index contributed by atoms with van der Waals surface area (Å²) in [5, 5.41) is 3.76. The molecule has 0 bridgehead atoms. The molecular weight excluding hydrogens is 278 g/mol. The summed E-state index contributed by atoms with van der Waals surface area (Å²) in [5.74, 6) is 0.595. The first-order chi connectivity index (χ1) is 10.3. The van der Waals surface area contributed by atoms with Gasteiger partial charge in [0.25, 0.3) is 0 Å². The van der Waals surface area contributed by atoms with E-state index in [1.165, 1.54) is 5.56 Å². The molecule has 1 amide bonds. The Morgan fingerprint density at radius 1 is 0.857 bits per heavy atom. The Bertz CT molecular complexity index is 687. The maximum Gasteiger partial charge on any atom is 0.235 e. The van der Waals surface area contributed by atoms with Gasteiger partial charge in [-0.25, -0.2) is 0 Å². The normalized spacial score (nSPS) is 16.6. The summed E-state index contributed by atoms with van der Waals surface area (Å²) >= 11 is 1.54. The minimum atomic E-state index is 0.0775. The molecule has 21 heavy (non-hydrogen) atoms. The van der Waals surface area contributed by atoms with E-state index in [2.05, 4.69) is 53.9 Å². The molecule has 0 radical (unpaired) electrons. The molecule has 3 rings (SSSR count). The molecule has 104 valence electrons. The number of hydrogen-bond acceptors (Lipinski definition) is 2. The minimum Gasteiger partial charge on any atom is -0.320 e. The second kappa shape index (κ2) is 6.46. The quantitative estimate of drug-likeness (QED) is 0.866. The highest BCUT2D eigenvalue weighted by atomic mass is 32.2. The molecule has 0 unspecified atom stereocenters. The van der Waals surface area contributed by atoms with E-state index in [1.807, 2.05) is 24.3 Å². The van der Waals surface area contributed by atoms with Crippen LogP contribution in [0.25, 0.3) is 18.2 Å². The zero-order valence-electron chi connectivity index (χ0n) is 11.5. The van der Waals surface area contributed by atoms with Crippen LogP contribution >= 0.6 is 11.8 Å². The van der Waals surface area contributed by atoms with Crippen molar-refractivity contribution in [2.75, 3.05) is 5.75 Å². The molecule has 2 aromatic carbocycles. The third-order valence-corrected chi connectivity index (χ3v) is 4.06. The lowest BCUT2D eigenvalue weighted by Gasteiger charge is -1.99. The second-order valence-corrected chi connectivity index (χ2v) is 5.77. The number of nitrogens with one attached hydrogen (secondary N) is 1. The highest BCUT2D eigenvalue weighted by Crippen LogP contribution is 2.22. The Hall–Kier alpha value is -2.26. The van der Waals surface area contributed by atoms with Gasteiger partial charge in [0.05, 0.1) is 10.8 Å². The molecule has 0 atom stereocenters. The van der Waals surface area contributed by atoms with Crippen LogP contribution in [0.3, 0.4) is 0 Å². The number of thioether (sulfide) groups is 1. The number of carbonyl (C=O) groups is 1. The van der Waals surface area contributed by atoms with Gasteiger partial charge in [-0.15, -0.1) is 0 Å². The van der Waals surface area contributed by atoms with Crippen molar-refractivity contribution < 1.29 is 4.79 Å². The molecular formula is C18H15NOS. The van der Waals surface area contributed by atoms with E-state index in [4.69, 9.17) is 0 Å². The molecule has 0 spiro atoms. The fourth-order valence-corrected chi connectivity index (χ4v) is 2.81. The van der Waals surface area contributed by atoms with E-state index < -0.39 is 0 Å². The minimum absolute atomic E-state index is 0.0775. The molecule has 2 nitrogen and oxygen atoms in total. The summed E-state index contributed by atoms with van der Waals surface area (Å²) in [6.07, 6.45) is 6.19. The van der Waals surface area contributed by atoms with E-state index in [-0.39, 0.29) is 5.91 Å². The summed E-state index contributed by atoms with van der Waals surface area (Å²) in [6.45, 7) is 0. The molecule has 3 heteroatoms. The first-order valence-electron chi connectivity index (χ1n) is 6.77. The number of benzene rings is 2. The standard InChI is InChI=1S/C18H15NOS/c20-17-13-21-18(19-17)12-16-10-8-15(9-11-16)7-6-14-4-2-1-3-5-14/h1-12H,13H2,(H,19,20)/b7-6?,18-12+. The molecule has 1 fully saturated rings. The van der Waals surface area contributed by atoms with E-state index >= 15 is 0 Å². The van der Waals surface area contributed by atoms with Crippen molar-refractivity contribution in [1.29, 1.82) is 0 Å². The molecule has 1 saturated heterocycles. The largest absolute Gasteiger partial charge is 0.320 e. The fraction of sp³-hybridized carbons (Fsp3) is 0.0556. The highest BCUT2D eigenvalue weighted by molar-refractivity contribution is 8.04. The Kier molecular flexibility index (Phi) is 4.22. The van der Waals surface area contributed by atoms with Gasteiger partial charge >= 0.3 is 0 Å². The third kappa shape index (κ3) is 3.86. The van der Waals surface area contributed by atoms with Crippen LogP contribution in [-0.2, 0) is 4.79 Å². The van der Waals surface area contributed by atoms with Gasteiger partial charge in [-0.1, -0.05) is 78.5 Å². The van der Waals surface area contributed by atoms with Gasteiger partial charge in [-0.3, -0.25) is 4.79 Å². The van der Waals surface area contributed by atoms with Crippen LogP contribution in [0.15, 0.2) is 59.6 Å². The molecule has 0 aromatic heterocycles. The van der Waals surface area contributed by atoms with E-state index in [9.17, 15) is 4.79 Å². The second-order valence-electron chi connectivity index (χ2n) is 4.76. The van der Waals surface area contributed by atoms with Crippen molar-refractivity contribution in [3.05, 3.63) is 76.3 Å². The molecule has 2 aromatic rings. The molecule has 0 saturated carbocycles. The topological polar surface area (TPSA) is 29.1 Å². The van der Waals surface area contributed by atoms with E-state index in [1.54, 1.807) is 11.8 Å². The van der Waals surface area contributed by atoms with Crippen molar-refractivity contribution in [3.63, 3.8) is 0 Å². The van der Waals surface area contributed by atoms with Crippen molar-refractivity contribution in [1.82, 2.24) is 5.32 Å². The summed E-state index contributed by atoms with van der Waals surface area (Å²) in [6, 6.07) is 18.5. The van der Waals surface area contributed by atoms with Gasteiger partial charge in [-0.2, -0.15) is 0 Å². The van der Waals surface area contributed by atoms with Crippen molar-refractivity contribution >= 4 is 35.9 Å². The van der Waals surface area contributed by atoms with Gasteiger partial charge in [0, 0.05) is 0 Å². The van der Waals surface area contributed by atoms with Gasteiger partial charge in [0.2, 0.25) is 5.91 Å². The molecule has 1 aliphatic heterocycles. The monoisotopic (exact) mass is 293 g/mol. The Morgan fingerprint density at radius 3 is 2.10 bits per heavy atom. The summed E-state index contributed by atoms with van der Waals surface area (Å²) in [5.41, 5.74) is 3.44. The van der Waals surface area contributed by atoms with Crippen LogP contribution in [-0.4, -0.2) is 11.7 Å². The lowest BCUT2D eigenvalue weighted by Crippen LogP contribution is -2.13. The van der Waals surface area contributed by atoms with Crippen LogP contribution in [0.5, 0.6) is 0 Å². The molecule has 1 aliphatic rings. The van der Waals surface area contributed by atoms with Crippen molar-refractivity contribution in [2.45, 2.75) is 0 Å². The van der Waals surface area contributed by atoms with Crippen LogP contribution in [0.4, 0.5) is 0 Å². The lowest BCUT2D eigenvalue weighted by atomic mass is 10.1. The number of carbonyl (C=O) groups excluding carboxylic acids is 1. The smallest absolute Gasteiger partial charge is 0.235 e. The number of hydrogen-bond donors (Lipinski definition) is 1. The third-order valence-electron chi connectivity index (χ3n) is 3.12. The SMILES string of the molecule is O=C1CS/C(=C/c2ccc(C=Cc3ccccc3)cc2)N1.